The molecule has 0 saturated carbocycles. The van der Waals surface area contributed by atoms with E-state index in [1.807, 2.05) is 170 Å². The molecule has 6 aromatic rings. The first-order valence-electron chi connectivity index (χ1n) is 22.3. The van der Waals surface area contributed by atoms with Crippen LogP contribution in [0.5, 0.6) is 5.75 Å². The van der Waals surface area contributed by atoms with Crippen molar-refractivity contribution in [3.8, 4) is 16.9 Å². The van der Waals surface area contributed by atoms with Crippen LogP contribution in [0.15, 0.2) is 212 Å². The van der Waals surface area contributed by atoms with Crippen molar-refractivity contribution in [2.75, 3.05) is 6.61 Å². The van der Waals surface area contributed by atoms with Crippen LogP contribution in [0, 0.1) is 0 Å². The van der Waals surface area contributed by atoms with E-state index < -0.39 is 30.2 Å². The third-order valence-electron chi connectivity index (χ3n) is 11.8. The lowest BCUT2D eigenvalue weighted by Gasteiger charge is -2.50. The molecule has 1 aliphatic heterocycles. The molecule has 2 aliphatic carbocycles. The Kier molecular flexibility index (Phi) is 14.5. The second kappa shape index (κ2) is 21.5. The smallest absolute Gasteiger partial charge is 0.226 e. The van der Waals surface area contributed by atoms with Gasteiger partial charge in [-0.05, 0) is 68.6 Å². The highest BCUT2D eigenvalue weighted by atomic mass is 16.7. The third-order valence-corrected chi connectivity index (χ3v) is 11.8. The standard InChI is InChI=1S/C58H54O7/c59-58(52-36-48(31-32-53(52)61-38-44-21-9-2-10-22-44)33-49-34-50-29-17-6-18-30-51(50)35-49)57(64-41-47-27-15-5-16-28-47)56(63-40-46-25-13-4-14-26-46)55(62-39-45-23-11-3-12-24-45)54(65-58)42-60-37-43-19-7-1-8-20-43/h1-32,34-36,54-57,59H,33,37-42H2/t54-,55-,56+,57-,58+/m1/s1. The lowest BCUT2D eigenvalue weighted by Crippen LogP contribution is -2.65. The van der Waals surface area contributed by atoms with Gasteiger partial charge >= 0.3 is 0 Å². The number of aliphatic hydroxyl groups is 1. The van der Waals surface area contributed by atoms with Gasteiger partial charge in [-0.15, -0.1) is 0 Å². The van der Waals surface area contributed by atoms with Crippen LogP contribution < -0.4 is 4.74 Å². The Morgan fingerprint density at radius 2 is 0.862 bits per heavy atom. The van der Waals surface area contributed by atoms with Crippen molar-refractivity contribution in [1.29, 1.82) is 0 Å². The highest BCUT2D eigenvalue weighted by molar-refractivity contribution is 5.68. The number of ether oxygens (including phenoxy) is 6. The topological polar surface area (TPSA) is 75.6 Å². The van der Waals surface area contributed by atoms with Gasteiger partial charge in [0.05, 0.1) is 38.6 Å². The predicted molar refractivity (Wildman–Crippen MR) is 253 cm³/mol. The number of benzene rings is 6. The van der Waals surface area contributed by atoms with Crippen LogP contribution >= 0.6 is 0 Å². The maximum Gasteiger partial charge on any atom is 0.226 e. The van der Waals surface area contributed by atoms with E-state index in [1.165, 1.54) is 0 Å². The minimum absolute atomic E-state index is 0.0880. The maximum atomic E-state index is 13.8. The van der Waals surface area contributed by atoms with Gasteiger partial charge in [0.2, 0.25) is 5.79 Å². The number of hydrogen-bond donors (Lipinski definition) is 1. The van der Waals surface area contributed by atoms with E-state index in [0.29, 0.717) is 24.3 Å². The van der Waals surface area contributed by atoms with Crippen LogP contribution in [0.25, 0.3) is 11.1 Å². The largest absolute Gasteiger partial charge is 0.488 e. The summed E-state index contributed by atoms with van der Waals surface area (Å²) in [5.74, 6) is -1.67. The predicted octanol–water partition coefficient (Wildman–Crippen LogP) is 11.5. The molecule has 1 heterocycles. The SMILES string of the molecule is O[C@@]1(c2cc(Cc3cc4cccccc-4c3)ccc2OCc2ccccc2)O[C@H](COCc2ccccc2)[C@@H](OCc2ccccc2)[C@H](OCc2ccccc2)[C@H]1OCc1ccccc1. The minimum atomic E-state index is -2.13. The van der Waals surface area contributed by atoms with Gasteiger partial charge in [0.25, 0.3) is 0 Å². The summed E-state index contributed by atoms with van der Waals surface area (Å²) in [6.07, 6.45) is -2.94. The first kappa shape index (κ1) is 43.8. The number of hydrogen-bond acceptors (Lipinski definition) is 7. The molecule has 7 heteroatoms. The fourth-order valence-electron chi connectivity index (χ4n) is 8.52. The van der Waals surface area contributed by atoms with Crippen LogP contribution in [0.2, 0.25) is 0 Å². The maximum absolute atomic E-state index is 13.8. The van der Waals surface area contributed by atoms with Gasteiger partial charge in [-0.2, -0.15) is 0 Å². The van der Waals surface area contributed by atoms with Gasteiger partial charge in [-0.25, -0.2) is 0 Å². The van der Waals surface area contributed by atoms with E-state index in [0.717, 1.165) is 50.1 Å². The van der Waals surface area contributed by atoms with Gasteiger partial charge in [0, 0.05) is 0 Å². The van der Waals surface area contributed by atoms with Crippen molar-refractivity contribution in [2.45, 2.75) is 69.7 Å². The molecule has 328 valence electrons. The molecule has 3 aliphatic rings. The quantitative estimate of drug-likeness (QED) is 0.0868. The van der Waals surface area contributed by atoms with Gasteiger partial charge in [0.15, 0.2) is 0 Å². The Hall–Kier alpha value is -6.42. The summed E-state index contributed by atoms with van der Waals surface area (Å²) < 4.78 is 41.3. The normalized spacial score (nSPS) is 19.5. The molecule has 0 unspecified atom stereocenters. The van der Waals surface area contributed by atoms with Crippen LogP contribution in [-0.2, 0) is 68.9 Å². The molecule has 0 radical (unpaired) electrons. The number of rotatable bonds is 19. The molecule has 0 spiro atoms. The van der Waals surface area contributed by atoms with E-state index in [1.54, 1.807) is 0 Å². The molecule has 7 nitrogen and oxygen atoms in total. The van der Waals surface area contributed by atoms with E-state index in [4.69, 9.17) is 28.4 Å². The summed E-state index contributed by atoms with van der Waals surface area (Å²) in [6, 6.07) is 70.8. The van der Waals surface area contributed by atoms with Crippen LogP contribution in [0.1, 0.15) is 44.5 Å². The van der Waals surface area contributed by atoms with Crippen molar-refractivity contribution in [3.63, 3.8) is 0 Å². The van der Waals surface area contributed by atoms with Gasteiger partial charge in [0.1, 0.15) is 36.8 Å². The molecule has 5 atom stereocenters. The molecule has 0 aromatic heterocycles. The van der Waals surface area contributed by atoms with E-state index in [9.17, 15) is 5.11 Å². The van der Waals surface area contributed by atoms with Crippen LogP contribution in [-0.4, -0.2) is 36.1 Å². The van der Waals surface area contributed by atoms with Crippen molar-refractivity contribution < 1.29 is 33.5 Å². The molecule has 0 bridgehead atoms. The average Bonchev–Trinajstić information content (AvgIpc) is 3.60. The fourth-order valence-corrected chi connectivity index (χ4v) is 8.52. The monoisotopic (exact) mass is 862 g/mol. The van der Waals surface area contributed by atoms with Gasteiger partial charge in [-0.3, -0.25) is 0 Å². The summed E-state index contributed by atoms with van der Waals surface area (Å²) in [6.45, 7) is 1.36. The molecular weight excluding hydrogens is 809 g/mol. The van der Waals surface area contributed by atoms with Crippen LogP contribution in [0.4, 0.5) is 0 Å². The highest BCUT2D eigenvalue weighted by Crippen LogP contribution is 2.45. The molecular formula is C58H54O7. The molecule has 1 fully saturated rings. The number of fused-ring (bicyclic) bond motifs is 1. The summed E-state index contributed by atoms with van der Waals surface area (Å²) in [5.41, 5.74) is 9.74. The zero-order valence-corrected chi connectivity index (χ0v) is 36.4. The first-order valence-corrected chi connectivity index (χ1v) is 22.3. The van der Waals surface area contributed by atoms with Crippen molar-refractivity contribution in [3.05, 3.63) is 257 Å². The lowest BCUT2D eigenvalue weighted by molar-refractivity contribution is -0.379. The summed E-state index contributed by atoms with van der Waals surface area (Å²) in [7, 11) is 0. The Balaban J connectivity index is 1.16. The zero-order valence-electron chi connectivity index (χ0n) is 36.4. The third kappa shape index (κ3) is 11.3. The first-order chi connectivity index (χ1) is 32.1. The van der Waals surface area contributed by atoms with E-state index >= 15 is 0 Å². The molecule has 1 saturated heterocycles. The Morgan fingerprint density at radius 3 is 1.38 bits per heavy atom. The minimum Gasteiger partial charge on any atom is -0.488 e. The Labute approximate surface area is 382 Å². The summed E-state index contributed by atoms with van der Waals surface area (Å²) in [4.78, 5) is 0. The zero-order chi connectivity index (χ0) is 44.1. The van der Waals surface area contributed by atoms with Gasteiger partial charge < -0.3 is 33.5 Å². The molecule has 65 heavy (non-hydrogen) atoms. The highest BCUT2D eigenvalue weighted by Gasteiger charge is 2.58. The summed E-state index contributed by atoms with van der Waals surface area (Å²) in [5, 5.41) is 13.8. The van der Waals surface area contributed by atoms with E-state index in [2.05, 4.69) is 42.5 Å². The van der Waals surface area contributed by atoms with E-state index in [-0.39, 0.29) is 33.0 Å². The summed E-state index contributed by atoms with van der Waals surface area (Å²) >= 11 is 0. The second-order valence-electron chi connectivity index (χ2n) is 16.6. The molecule has 0 amide bonds. The van der Waals surface area contributed by atoms with Crippen molar-refractivity contribution in [1.82, 2.24) is 0 Å². The fraction of sp³-hybridized carbons (Fsp3) is 0.207. The Bertz CT molecular complexity index is 2600. The van der Waals surface area contributed by atoms with Crippen molar-refractivity contribution >= 4 is 0 Å². The lowest BCUT2D eigenvalue weighted by atomic mass is 9.86. The van der Waals surface area contributed by atoms with Crippen molar-refractivity contribution in [2.24, 2.45) is 0 Å². The van der Waals surface area contributed by atoms with Gasteiger partial charge in [-0.1, -0.05) is 200 Å². The molecule has 1 N–H and O–H groups in total. The molecule has 6 aromatic carbocycles. The Morgan fingerprint density at radius 1 is 0.415 bits per heavy atom. The second-order valence-corrected chi connectivity index (χ2v) is 16.6. The van der Waals surface area contributed by atoms with Crippen LogP contribution in [0.3, 0.4) is 0 Å². The molecule has 9 rings (SSSR count). The average molecular weight is 863 g/mol.